The summed E-state index contributed by atoms with van der Waals surface area (Å²) in [6.07, 6.45) is 1.44. The second-order valence-corrected chi connectivity index (χ2v) is 5.37. The predicted molar refractivity (Wildman–Crippen MR) is 82.0 cm³/mol. The van der Waals surface area contributed by atoms with Gasteiger partial charge in [-0.3, -0.25) is 4.99 Å². The molecule has 0 amide bonds. The number of amidine groups is 1. The van der Waals surface area contributed by atoms with Gasteiger partial charge in [0.2, 0.25) is 0 Å². The highest BCUT2D eigenvalue weighted by Crippen LogP contribution is 2.29. The number of carbonyl (C=O) groups excluding carboxylic acids is 1. The van der Waals surface area contributed by atoms with Crippen LogP contribution in [0.25, 0.3) is 0 Å². The molecule has 1 aromatic rings. The average Bonchev–Trinajstić information content (AvgIpc) is 2.96. The maximum atomic E-state index is 11.1. The molecule has 0 saturated carbocycles. The molecule has 9 nitrogen and oxygen atoms in total. The number of hydrogen-bond donors (Lipinski definition) is 2. The standard InChI is InChI=1S/C15H21N3O6/c1-15(14(20)21)9-17-13(18-15)11-12(19)10(3-4-16-11)24-8-7-23-6-5-22-2/h3-4,19H,5-9H2,1-2H3,(H,17,18)(H,20,21)/p-1. The highest BCUT2D eigenvalue weighted by atomic mass is 16.5. The number of hydrogen-bond acceptors (Lipinski definition) is 9. The van der Waals surface area contributed by atoms with Gasteiger partial charge < -0.3 is 34.5 Å². The maximum absolute atomic E-state index is 11.1. The lowest BCUT2D eigenvalue weighted by Gasteiger charge is -2.25. The molecule has 1 atom stereocenters. The number of carboxylic acid groups (broad SMARTS) is 1. The molecule has 0 radical (unpaired) electrons. The van der Waals surface area contributed by atoms with Crippen LogP contribution in [-0.2, 0) is 14.3 Å². The summed E-state index contributed by atoms with van der Waals surface area (Å²) in [5.41, 5.74) is -1.20. The number of aromatic nitrogens is 1. The quantitative estimate of drug-likeness (QED) is 0.532. The Bertz CT molecular complexity index is 621. The van der Waals surface area contributed by atoms with Crippen molar-refractivity contribution in [1.29, 1.82) is 0 Å². The van der Waals surface area contributed by atoms with E-state index in [9.17, 15) is 15.0 Å². The Balaban J connectivity index is 1.97. The van der Waals surface area contributed by atoms with E-state index in [1.165, 1.54) is 19.2 Å². The predicted octanol–water partition coefficient (Wildman–Crippen LogP) is -1.31. The summed E-state index contributed by atoms with van der Waals surface area (Å²) in [7, 11) is 1.58. The minimum Gasteiger partial charge on any atom is -0.548 e. The van der Waals surface area contributed by atoms with Gasteiger partial charge in [0.25, 0.3) is 0 Å². The van der Waals surface area contributed by atoms with Crippen molar-refractivity contribution in [2.75, 3.05) is 40.1 Å². The van der Waals surface area contributed by atoms with Gasteiger partial charge in [-0.15, -0.1) is 0 Å². The molecule has 0 aliphatic carbocycles. The molecule has 132 valence electrons. The lowest BCUT2D eigenvalue weighted by Crippen LogP contribution is -2.56. The topological polar surface area (TPSA) is 125 Å². The van der Waals surface area contributed by atoms with Gasteiger partial charge in [0.1, 0.15) is 6.61 Å². The van der Waals surface area contributed by atoms with Gasteiger partial charge >= 0.3 is 0 Å². The summed E-state index contributed by atoms with van der Waals surface area (Å²) < 4.78 is 15.6. The molecule has 2 heterocycles. The van der Waals surface area contributed by atoms with E-state index in [1.807, 2.05) is 0 Å². The van der Waals surface area contributed by atoms with Crippen molar-refractivity contribution in [2.24, 2.45) is 4.99 Å². The SMILES string of the molecule is COCCOCCOc1ccnc(C2=NCC(C)(C(=O)[O-])N2)c1O. The Morgan fingerprint density at radius 3 is 2.83 bits per heavy atom. The van der Waals surface area contributed by atoms with Crippen LogP contribution in [0, 0.1) is 0 Å². The molecule has 0 aromatic carbocycles. The first-order chi connectivity index (χ1) is 11.5. The Morgan fingerprint density at radius 2 is 2.17 bits per heavy atom. The number of ether oxygens (including phenoxy) is 3. The zero-order valence-electron chi connectivity index (χ0n) is 13.6. The van der Waals surface area contributed by atoms with Crippen molar-refractivity contribution < 1.29 is 29.2 Å². The zero-order chi connectivity index (χ0) is 17.6. The molecule has 9 heteroatoms. The van der Waals surface area contributed by atoms with Crippen LogP contribution in [0.4, 0.5) is 0 Å². The first kappa shape index (κ1) is 18.0. The number of aliphatic imine (C=N–C) groups is 1. The van der Waals surface area contributed by atoms with Crippen molar-refractivity contribution >= 4 is 11.8 Å². The number of carbonyl (C=O) groups is 1. The molecule has 1 aromatic heterocycles. The highest BCUT2D eigenvalue weighted by molar-refractivity contribution is 6.04. The minimum atomic E-state index is -1.32. The number of nitrogens with one attached hydrogen (secondary N) is 1. The fraction of sp³-hybridized carbons (Fsp3) is 0.533. The van der Waals surface area contributed by atoms with Crippen LogP contribution in [0.5, 0.6) is 11.5 Å². The third-order valence-corrected chi connectivity index (χ3v) is 3.43. The van der Waals surface area contributed by atoms with Gasteiger partial charge in [-0.25, -0.2) is 4.98 Å². The molecular formula is C15H20N3O6-. The van der Waals surface area contributed by atoms with Crippen LogP contribution in [0.1, 0.15) is 12.6 Å². The van der Waals surface area contributed by atoms with Crippen molar-refractivity contribution in [3.05, 3.63) is 18.0 Å². The van der Waals surface area contributed by atoms with E-state index in [0.29, 0.717) is 19.8 Å². The molecule has 0 spiro atoms. The van der Waals surface area contributed by atoms with Gasteiger partial charge in [0, 0.05) is 19.4 Å². The van der Waals surface area contributed by atoms with Gasteiger partial charge in [0.05, 0.1) is 37.9 Å². The highest BCUT2D eigenvalue weighted by Gasteiger charge is 2.34. The third-order valence-electron chi connectivity index (χ3n) is 3.43. The Kier molecular flexibility index (Phi) is 5.93. The van der Waals surface area contributed by atoms with Gasteiger partial charge in [0.15, 0.2) is 23.0 Å². The van der Waals surface area contributed by atoms with Gasteiger partial charge in [-0.05, 0) is 6.92 Å². The molecule has 1 aliphatic rings. The number of methoxy groups -OCH3 is 1. The fourth-order valence-electron chi connectivity index (χ4n) is 2.01. The summed E-state index contributed by atoms with van der Waals surface area (Å²) in [6, 6.07) is 1.50. The number of pyridine rings is 1. The molecule has 0 bridgehead atoms. The maximum Gasteiger partial charge on any atom is 0.187 e. The lowest BCUT2D eigenvalue weighted by atomic mass is 10.1. The normalized spacial score (nSPS) is 19.7. The van der Waals surface area contributed by atoms with Crippen LogP contribution in [0.3, 0.4) is 0 Å². The minimum absolute atomic E-state index is 0.00971. The molecule has 0 fully saturated rings. The van der Waals surface area contributed by atoms with Crippen LogP contribution < -0.4 is 15.2 Å². The summed E-state index contributed by atoms with van der Waals surface area (Å²) in [6.45, 7) is 2.96. The smallest absolute Gasteiger partial charge is 0.187 e. The fourth-order valence-corrected chi connectivity index (χ4v) is 2.01. The molecule has 0 saturated heterocycles. The van der Waals surface area contributed by atoms with Crippen LogP contribution >= 0.6 is 0 Å². The Labute approximate surface area is 139 Å². The number of aliphatic carboxylic acids is 1. The van der Waals surface area contributed by atoms with E-state index in [1.54, 1.807) is 7.11 Å². The van der Waals surface area contributed by atoms with E-state index in [2.05, 4.69) is 15.3 Å². The van der Waals surface area contributed by atoms with E-state index in [0.717, 1.165) is 0 Å². The number of aromatic hydroxyl groups is 1. The Morgan fingerprint density at radius 1 is 1.42 bits per heavy atom. The lowest BCUT2D eigenvalue weighted by molar-refractivity contribution is -0.312. The molecule has 2 rings (SSSR count). The van der Waals surface area contributed by atoms with E-state index >= 15 is 0 Å². The molecule has 2 N–H and O–H groups in total. The van der Waals surface area contributed by atoms with Crippen molar-refractivity contribution in [1.82, 2.24) is 10.3 Å². The second-order valence-electron chi connectivity index (χ2n) is 5.37. The summed E-state index contributed by atoms with van der Waals surface area (Å²) in [5, 5.41) is 24.1. The van der Waals surface area contributed by atoms with Crippen LogP contribution in [-0.4, -0.2) is 67.5 Å². The average molecular weight is 338 g/mol. The molecule has 1 unspecified atom stereocenters. The first-order valence-electron chi connectivity index (χ1n) is 7.40. The van der Waals surface area contributed by atoms with E-state index < -0.39 is 11.5 Å². The summed E-state index contributed by atoms with van der Waals surface area (Å²) in [4.78, 5) is 19.2. The van der Waals surface area contributed by atoms with Crippen LogP contribution in [0.15, 0.2) is 17.3 Å². The monoisotopic (exact) mass is 338 g/mol. The third kappa shape index (κ3) is 4.12. The van der Waals surface area contributed by atoms with Gasteiger partial charge in [-0.1, -0.05) is 0 Å². The molecule has 1 aliphatic heterocycles. The largest absolute Gasteiger partial charge is 0.548 e. The Hall–Kier alpha value is -2.39. The number of rotatable bonds is 9. The molecule has 24 heavy (non-hydrogen) atoms. The van der Waals surface area contributed by atoms with Gasteiger partial charge in [-0.2, -0.15) is 0 Å². The van der Waals surface area contributed by atoms with E-state index in [-0.39, 0.29) is 36.2 Å². The zero-order valence-corrected chi connectivity index (χ0v) is 13.6. The second kappa shape index (κ2) is 7.93. The first-order valence-corrected chi connectivity index (χ1v) is 7.40. The summed E-state index contributed by atoms with van der Waals surface area (Å²) >= 11 is 0. The number of nitrogens with zero attached hydrogens (tertiary/aromatic N) is 2. The number of carboxylic acids is 1. The van der Waals surface area contributed by atoms with Crippen molar-refractivity contribution in [3.8, 4) is 11.5 Å². The van der Waals surface area contributed by atoms with E-state index in [4.69, 9.17) is 14.2 Å². The van der Waals surface area contributed by atoms with Crippen molar-refractivity contribution in [3.63, 3.8) is 0 Å². The summed E-state index contributed by atoms with van der Waals surface area (Å²) in [5.74, 6) is -1.10. The molecular weight excluding hydrogens is 318 g/mol. The van der Waals surface area contributed by atoms with Crippen LogP contribution in [0.2, 0.25) is 0 Å². The van der Waals surface area contributed by atoms with Crippen molar-refractivity contribution in [2.45, 2.75) is 12.5 Å².